The van der Waals surface area contributed by atoms with Crippen LogP contribution in [0.15, 0.2) is 18.5 Å². The van der Waals surface area contributed by atoms with Gasteiger partial charge in [-0.2, -0.15) is 0 Å². The van der Waals surface area contributed by atoms with Crippen molar-refractivity contribution in [3.8, 4) is 22.9 Å². The number of methoxy groups -OCH3 is 2. The Bertz CT molecular complexity index is 527. The number of aromatic amines is 1. The summed E-state index contributed by atoms with van der Waals surface area (Å²) in [5.74, 6) is 1.50. The molecule has 6 heteroatoms. The maximum atomic E-state index is 6.16. The minimum atomic E-state index is 0.328. The van der Waals surface area contributed by atoms with E-state index >= 15 is 0 Å². The third-order valence-electron chi connectivity index (χ3n) is 2.29. The third-order valence-corrected chi connectivity index (χ3v) is 2.92. The van der Waals surface area contributed by atoms with E-state index in [1.807, 2.05) is 0 Å². The van der Waals surface area contributed by atoms with Crippen LogP contribution >= 0.6 is 23.2 Å². The van der Waals surface area contributed by atoms with Gasteiger partial charge in [0.25, 0.3) is 0 Å². The summed E-state index contributed by atoms with van der Waals surface area (Å²) in [6.07, 6.45) is 3.35. The molecule has 0 bridgehead atoms. The molecule has 0 radical (unpaired) electrons. The lowest BCUT2D eigenvalue weighted by atomic mass is 10.1. The molecule has 0 saturated heterocycles. The Hall–Kier alpha value is -1.39. The number of benzene rings is 1. The third kappa shape index (κ3) is 2.06. The van der Waals surface area contributed by atoms with E-state index in [0.29, 0.717) is 32.9 Å². The zero-order valence-electron chi connectivity index (χ0n) is 9.25. The van der Waals surface area contributed by atoms with Crippen molar-refractivity contribution in [2.24, 2.45) is 0 Å². The van der Waals surface area contributed by atoms with Crippen LogP contribution in [0.25, 0.3) is 11.4 Å². The van der Waals surface area contributed by atoms with Gasteiger partial charge in [-0.15, -0.1) is 0 Å². The molecule has 90 valence electrons. The second-order valence-corrected chi connectivity index (χ2v) is 4.01. The van der Waals surface area contributed by atoms with Gasteiger partial charge in [-0.05, 0) is 6.07 Å². The maximum absolute atomic E-state index is 6.16. The van der Waals surface area contributed by atoms with Crippen molar-refractivity contribution in [1.29, 1.82) is 0 Å². The number of nitrogens with zero attached hydrogens (tertiary/aromatic N) is 1. The Balaban J connectivity index is 2.68. The summed E-state index contributed by atoms with van der Waals surface area (Å²) in [6.45, 7) is 0. The molecule has 0 aliphatic heterocycles. The van der Waals surface area contributed by atoms with Gasteiger partial charge in [-0.25, -0.2) is 4.98 Å². The number of imidazole rings is 1. The minimum absolute atomic E-state index is 0.328. The smallest absolute Gasteiger partial charge is 0.159 e. The van der Waals surface area contributed by atoms with Crippen molar-refractivity contribution in [2.45, 2.75) is 0 Å². The fraction of sp³-hybridized carbons (Fsp3) is 0.182. The molecule has 1 aromatic heterocycles. The summed E-state index contributed by atoms with van der Waals surface area (Å²) in [5.41, 5.74) is 0.688. The molecule has 1 N–H and O–H groups in total. The lowest BCUT2D eigenvalue weighted by molar-refractivity contribution is 0.396. The number of hydrogen-bond acceptors (Lipinski definition) is 3. The second kappa shape index (κ2) is 4.85. The van der Waals surface area contributed by atoms with Crippen LogP contribution in [0.4, 0.5) is 0 Å². The van der Waals surface area contributed by atoms with Gasteiger partial charge in [0.05, 0.1) is 24.8 Å². The molecule has 4 nitrogen and oxygen atoms in total. The molecule has 0 spiro atoms. The fourth-order valence-electron chi connectivity index (χ4n) is 1.56. The molecule has 0 aliphatic rings. The van der Waals surface area contributed by atoms with Crippen LogP contribution in [0.3, 0.4) is 0 Å². The monoisotopic (exact) mass is 272 g/mol. The van der Waals surface area contributed by atoms with E-state index in [2.05, 4.69) is 9.97 Å². The summed E-state index contributed by atoms with van der Waals surface area (Å²) in [5, 5.41) is 0.735. The van der Waals surface area contributed by atoms with Crippen molar-refractivity contribution in [3.63, 3.8) is 0 Å². The first-order valence-corrected chi connectivity index (χ1v) is 5.54. The Morgan fingerprint density at radius 1 is 1.18 bits per heavy atom. The molecule has 0 atom stereocenters. The van der Waals surface area contributed by atoms with Crippen LogP contribution in [0, 0.1) is 0 Å². The van der Waals surface area contributed by atoms with E-state index in [1.54, 1.807) is 18.5 Å². The minimum Gasteiger partial charge on any atom is -0.494 e. The van der Waals surface area contributed by atoms with E-state index in [0.717, 1.165) is 0 Å². The number of aromatic nitrogens is 2. The highest BCUT2D eigenvalue weighted by Gasteiger charge is 2.19. The average molecular weight is 273 g/mol. The van der Waals surface area contributed by atoms with Crippen molar-refractivity contribution < 1.29 is 9.47 Å². The van der Waals surface area contributed by atoms with E-state index in [1.165, 1.54) is 14.2 Å². The molecule has 0 aliphatic carbocycles. The van der Waals surface area contributed by atoms with E-state index < -0.39 is 0 Å². The lowest BCUT2D eigenvalue weighted by Gasteiger charge is -2.13. The van der Waals surface area contributed by atoms with Gasteiger partial charge in [0, 0.05) is 12.4 Å². The fourth-order valence-corrected chi connectivity index (χ4v) is 2.25. The molecule has 2 rings (SSSR count). The van der Waals surface area contributed by atoms with Gasteiger partial charge < -0.3 is 14.5 Å². The van der Waals surface area contributed by atoms with Gasteiger partial charge in [-0.1, -0.05) is 23.2 Å². The van der Waals surface area contributed by atoms with Crippen molar-refractivity contribution in [1.82, 2.24) is 9.97 Å². The predicted molar refractivity (Wildman–Crippen MR) is 67.1 cm³/mol. The molecular weight excluding hydrogens is 263 g/mol. The van der Waals surface area contributed by atoms with E-state index in [-0.39, 0.29) is 0 Å². The molecule has 0 amide bonds. The van der Waals surface area contributed by atoms with Gasteiger partial charge in [0.1, 0.15) is 10.8 Å². The summed E-state index contributed by atoms with van der Waals surface area (Å²) >= 11 is 12.2. The Kier molecular flexibility index (Phi) is 3.45. The zero-order chi connectivity index (χ0) is 12.4. The first-order chi connectivity index (χ1) is 8.19. The molecule has 0 saturated carbocycles. The quantitative estimate of drug-likeness (QED) is 0.932. The predicted octanol–water partition coefficient (Wildman–Crippen LogP) is 3.40. The molecule has 0 fully saturated rings. The SMILES string of the molecule is COc1c(Cl)cc(-c2ncc[nH]2)c(OC)c1Cl. The average Bonchev–Trinajstić information content (AvgIpc) is 2.82. The number of nitrogens with one attached hydrogen (secondary N) is 1. The normalized spacial score (nSPS) is 10.4. The topological polar surface area (TPSA) is 47.1 Å². The summed E-state index contributed by atoms with van der Waals surface area (Å²) in [4.78, 5) is 7.11. The van der Waals surface area contributed by atoms with Crippen molar-refractivity contribution >= 4 is 23.2 Å². The molecule has 1 heterocycles. The van der Waals surface area contributed by atoms with E-state index in [4.69, 9.17) is 32.7 Å². The first-order valence-electron chi connectivity index (χ1n) is 4.78. The highest BCUT2D eigenvalue weighted by molar-refractivity contribution is 6.38. The summed E-state index contributed by atoms with van der Waals surface area (Å²) < 4.78 is 10.4. The number of rotatable bonds is 3. The van der Waals surface area contributed by atoms with Crippen LogP contribution in [0.1, 0.15) is 0 Å². The van der Waals surface area contributed by atoms with Gasteiger partial charge in [0.2, 0.25) is 0 Å². The number of H-pyrrole nitrogens is 1. The maximum Gasteiger partial charge on any atom is 0.159 e. The Morgan fingerprint density at radius 3 is 2.41 bits per heavy atom. The van der Waals surface area contributed by atoms with Crippen molar-refractivity contribution in [3.05, 3.63) is 28.5 Å². The standard InChI is InChI=1S/C11H10Cl2N2O2/c1-16-9-6(11-14-3-4-15-11)5-7(12)10(17-2)8(9)13/h3-5H,1-2H3,(H,14,15). The largest absolute Gasteiger partial charge is 0.494 e. The lowest BCUT2D eigenvalue weighted by Crippen LogP contribution is -1.94. The number of halogens is 2. The van der Waals surface area contributed by atoms with Crippen LogP contribution in [0.5, 0.6) is 11.5 Å². The highest BCUT2D eigenvalue weighted by Crippen LogP contribution is 2.45. The van der Waals surface area contributed by atoms with E-state index in [9.17, 15) is 0 Å². The number of ether oxygens (including phenoxy) is 2. The van der Waals surface area contributed by atoms with Crippen LogP contribution in [-0.2, 0) is 0 Å². The van der Waals surface area contributed by atoms with Crippen LogP contribution < -0.4 is 9.47 Å². The van der Waals surface area contributed by atoms with Gasteiger partial charge >= 0.3 is 0 Å². The van der Waals surface area contributed by atoms with Crippen LogP contribution in [0.2, 0.25) is 10.0 Å². The van der Waals surface area contributed by atoms with Gasteiger partial charge in [0.15, 0.2) is 11.5 Å². The van der Waals surface area contributed by atoms with Gasteiger partial charge in [-0.3, -0.25) is 0 Å². The Morgan fingerprint density at radius 2 is 1.88 bits per heavy atom. The highest BCUT2D eigenvalue weighted by atomic mass is 35.5. The van der Waals surface area contributed by atoms with Crippen LogP contribution in [-0.4, -0.2) is 24.2 Å². The zero-order valence-corrected chi connectivity index (χ0v) is 10.8. The second-order valence-electron chi connectivity index (χ2n) is 3.22. The molecule has 2 aromatic rings. The number of hydrogen-bond donors (Lipinski definition) is 1. The molecule has 0 unspecified atom stereocenters. The summed E-state index contributed by atoms with van der Waals surface area (Å²) in [7, 11) is 3.03. The molecular formula is C11H10Cl2N2O2. The Labute approximate surface area is 108 Å². The molecule has 17 heavy (non-hydrogen) atoms. The molecule has 1 aromatic carbocycles. The van der Waals surface area contributed by atoms with Crippen molar-refractivity contribution in [2.75, 3.05) is 14.2 Å². The summed E-state index contributed by atoms with van der Waals surface area (Å²) in [6, 6.07) is 1.70. The first kappa shape index (κ1) is 12.1.